The Morgan fingerprint density at radius 2 is 1.63 bits per heavy atom. The lowest BCUT2D eigenvalue weighted by Crippen LogP contribution is -2.33. The fourth-order valence-corrected chi connectivity index (χ4v) is 2.11. The number of aromatic amines is 1. The number of fused-ring (bicyclic) bond motifs is 1. The van der Waals surface area contributed by atoms with Crippen LogP contribution in [-0.2, 0) is 0 Å². The van der Waals surface area contributed by atoms with E-state index in [9.17, 15) is 9.59 Å². The third-order valence-electron chi connectivity index (χ3n) is 2.89. The Kier molecular flexibility index (Phi) is 2.72. The molecule has 1 aromatic heterocycles. The maximum atomic E-state index is 12.3. The molecule has 2 aromatic carbocycles. The van der Waals surface area contributed by atoms with E-state index in [1.807, 2.05) is 0 Å². The van der Waals surface area contributed by atoms with Gasteiger partial charge in [0.2, 0.25) is 0 Å². The summed E-state index contributed by atoms with van der Waals surface area (Å²) in [5, 5.41) is 1.02. The van der Waals surface area contributed by atoms with Crippen molar-refractivity contribution in [2.45, 2.75) is 0 Å². The Balaban J connectivity index is 2.39. The molecule has 0 aliphatic carbocycles. The summed E-state index contributed by atoms with van der Waals surface area (Å²) in [6, 6.07) is 13.4. The van der Waals surface area contributed by atoms with E-state index in [4.69, 9.17) is 11.6 Å². The van der Waals surface area contributed by atoms with Crippen molar-refractivity contribution in [2.75, 3.05) is 0 Å². The molecule has 0 spiro atoms. The smallest absolute Gasteiger partial charge is 0.306 e. The van der Waals surface area contributed by atoms with Gasteiger partial charge in [-0.15, -0.1) is 0 Å². The topological polar surface area (TPSA) is 54.9 Å². The Hall–Kier alpha value is -2.33. The lowest BCUT2D eigenvalue weighted by Gasteiger charge is -2.06. The zero-order valence-corrected chi connectivity index (χ0v) is 10.5. The molecule has 0 saturated carbocycles. The van der Waals surface area contributed by atoms with Crippen LogP contribution in [0.1, 0.15) is 0 Å². The van der Waals surface area contributed by atoms with Crippen LogP contribution in [0.2, 0.25) is 5.02 Å². The van der Waals surface area contributed by atoms with E-state index in [2.05, 4.69) is 4.98 Å². The SMILES string of the molecule is O=c1[nH]c2ccccc2c(=O)n1-c1ccc(Cl)cc1. The van der Waals surface area contributed by atoms with Gasteiger partial charge in [0, 0.05) is 5.02 Å². The monoisotopic (exact) mass is 272 g/mol. The van der Waals surface area contributed by atoms with Gasteiger partial charge in [-0.05, 0) is 36.4 Å². The van der Waals surface area contributed by atoms with Crippen molar-refractivity contribution in [3.63, 3.8) is 0 Å². The van der Waals surface area contributed by atoms with Crippen molar-refractivity contribution in [3.05, 3.63) is 74.4 Å². The number of hydrogen-bond acceptors (Lipinski definition) is 2. The van der Waals surface area contributed by atoms with Gasteiger partial charge in [-0.25, -0.2) is 9.36 Å². The highest BCUT2D eigenvalue weighted by Crippen LogP contribution is 2.11. The van der Waals surface area contributed by atoms with Crippen LogP contribution in [0.4, 0.5) is 0 Å². The van der Waals surface area contributed by atoms with E-state index in [0.29, 0.717) is 21.6 Å². The minimum Gasteiger partial charge on any atom is -0.306 e. The number of nitrogens with zero attached hydrogens (tertiary/aromatic N) is 1. The van der Waals surface area contributed by atoms with Crippen molar-refractivity contribution in [2.24, 2.45) is 0 Å². The second kappa shape index (κ2) is 4.40. The fraction of sp³-hybridized carbons (Fsp3) is 0. The number of H-pyrrole nitrogens is 1. The van der Waals surface area contributed by atoms with Crippen LogP contribution in [0, 0.1) is 0 Å². The normalized spacial score (nSPS) is 10.8. The number of para-hydroxylation sites is 1. The molecule has 0 atom stereocenters. The van der Waals surface area contributed by atoms with E-state index in [1.165, 1.54) is 0 Å². The molecular weight excluding hydrogens is 264 g/mol. The van der Waals surface area contributed by atoms with Gasteiger partial charge in [0.05, 0.1) is 16.6 Å². The molecule has 0 unspecified atom stereocenters. The fourth-order valence-electron chi connectivity index (χ4n) is 1.99. The van der Waals surface area contributed by atoms with Gasteiger partial charge in [0.1, 0.15) is 0 Å². The van der Waals surface area contributed by atoms with Gasteiger partial charge in [-0.2, -0.15) is 0 Å². The van der Waals surface area contributed by atoms with E-state index in [1.54, 1.807) is 48.5 Å². The number of rotatable bonds is 1. The maximum absolute atomic E-state index is 12.3. The Bertz CT molecular complexity index is 863. The molecule has 0 bridgehead atoms. The highest BCUT2D eigenvalue weighted by atomic mass is 35.5. The summed E-state index contributed by atoms with van der Waals surface area (Å²) < 4.78 is 1.10. The maximum Gasteiger partial charge on any atom is 0.333 e. The van der Waals surface area contributed by atoms with Gasteiger partial charge in [0.15, 0.2) is 0 Å². The van der Waals surface area contributed by atoms with Crippen molar-refractivity contribution >= 4 is 22.5 Å². The van der Waals surface area contributed by atoms with Gasteiger partial charge in [-0.3, -0.25) is 4.79 Å². The largest absolute Gasteiger partial charge is 0.333 e. The average Bonchev–Trinajstić information content (AvgIpc) is 2.41. The Labute approximate surface area is 112 Å². The quantitative estimate of drug-likeness (QED) is 0.739. The minimum atomic E-state index is -0.467. The molecule has 0 radical (unpaired) electrons. The summed E-state index contributed by atoms with van der Waals surface area (Å²) >= 11 is 5.80. The van der Waals surface area contributed by atoms with Crippen LogP contribution < -0.4 is 11.2 Å². The van der Waals surface area contributed by atoms with Crippen molar-refractivity contribution in [3.8, 4) is 5.69 Å². The predicted octanol–water partition coefficient (Wildman–Crippen LogP) is 2.33. The first-order valence-corrected chi connectivity index (χ1v) is 6.04. The second-order valence-corrected chi connectivity index (χ2v) is 4.53. The molecule has 1 N–H and O–H groups in total. The molecule has 94 valence electrons. The van der Waals surface area contributed by atoms with Crippen molar-refractivity contribution in [1.29, 1.82) is 0 Å². The first-order chi connectivity index (χ1) is 9.16. The van der Waals surface area contributed by atoms with Crippen molar-refractivity contribution < 1.29 is 0 Å². The number of aromatic nitrogens is 2. The summed E-state index contributed by atoms with van der Waals surface area (Å²) in [5.74, 6) is 0. The van der Waals surface area contributed by atoms with E-state index < -0.39 is 5.69 Å². The summed E-state index contributed by atoms with van der Waals surface area (Å²) in [5.41, 5.74) is 0.205. The Morgan fingerprint density at radius 3 is 2.37 bits per heavy atom. The Morgan fingerprint density at radius 1 is 0.947 bits per heavy atom. The van der Waals surface area contributed by atoms with E-state index >= 15 is 0 Å². The molecule has 0 saturated heterocycles. The molecular formula is C14H9ClN2O2. The van der Waals surface area contributed by atoms with Crippen molar-refractivity contribution in [1.82, 2.24) is 9.55 Å². The molecule has 4 nitrogen and oxygen atoms in total. The molecule has 0 amide bonds. The van der Waals surface area contributed by atoms with Gasteiger partial charge in [-0.1, -0.05) is 23.7 Å². The van der Waals surface area contributed by atoms with Gasteiger partial charge >= 0.3 is 5.69 Å². The molecule has 1 heterocycles. The highest BCUT2D eigenvalue weighted by molar-refractivity contribution is 6.30. The van der Waals surface area contributed by atoms with Crippen LogP contribution in [-0.4, -0.2) is 9.55 Å². The lowest BCUT2D eigenvalue weighted by atomic mass is 10.2. The summed E-state index contributed by atoms with van der Waals surface area (Å²) in [4.78, 5) is 27.0. The zero-order valence-electron chi connectivity index (χ0n) is 9.76. The number of halogens is 1. The zero-order chi connectivity index (χ0) is 13.4. The van der Waals surface area contributed by atoms with Crippen LogP contribution >= 0.6 is 11.6 Å². The highest BCUT2D eigenvalue weighted by Gasteiger charge is 2.08. The number of nitrogens with one attached hydrogen (secondary N) is 1. The molecule has 0 fully saturated rings. The molecule has 3 rings (SSSR count). The second-order valence-electron chi connectivity index (χ2n) is 4.09. The molecule has 5 heteroatoms. The standard InChI is InChI=1S/C14H9ClN2O2/c15-9-5-7-10(8-6-9)17-13(18)11-3-1-2-4-12(11)16-14(17)19/h1-8H,(H,16,19). The average molecular weight is 273 g/mol. The lowest BCUT2D eigenvalue weighted by molar-refractivity contribution is 0.901. The third kappa shape index (κ3) is 1.96. The first-order valence-electron chi connectivity index (χ1n) is 5.67. The summed E-state index contributed by atoms with van der Waals surface area (Å²) in [7, 11) is 0. The molecule has 3 aromatic rings. The van der Waals surface area contributed by atoms with Crippen LogP contribution in [0.5, 0.6) is 0 Å². The van der Waals surface area contributed by atoms with E-state index in [-0.39, 0.29) is 5.56 Å². The molecule has 0 aliphatic rings. The number of hydrogen-bond donors (Lipinski definition) is 1. The first kappa shape index (κ1) is 11.7. The van der Waals surface area contributed by atoms with Crippen LogP contribution in [0.3, 0.4) is 0 Å². The minimum absolute atomic E-state index is 0.346. The third-order valence-corrected chi connectivity index (χ3v) is 3.14. The van der Waals surface area contributed by atoms with Crippen LogP contribution in [0.15, 0.2) is 58.1 Å². The number of benzene rings is 2. The predicted molar refractivity (Wildman–Crippen MR) is 75.2 cm³/mol. The summed E-state index contributed by atoms with van der Waals surface area (Å²) in [6.45, 7) is 0. The van der Waals surface area contributed by atoms with Gasteiger partial charge < -0.3 is 4.98 Å². The van der Waals surface area contributed by atoms with E-state index in [0.717, 1.165) is 4.57 Å². The van der Waals surface area contributed by atoms with Gasteiger partial charge in [0.25, 0.3) is 5.56 Å². The molecule has 0 aliphatic heterocycles. The van der Waals surface area contributed by atoms with Crippen LogP contribution in [0.25, 0.3) is 16.6 Å². The summed E-state index contributed by atoms with van der Waals surface area (Å²) in [6.07, 6.45) is 0. The molecule has 19 heavy (non-hydrogen) atoms.